The zero-order valence-corrected chi connectivity index (χ0v) is 20.0. The SMILES string of the molecule is CCC(=O)N(c1nnc(S[C@H](C)c2nc3scc(-c4ccccc4)c3c(=O)[nH]2)s1)C1CC1. The minimum atomic E-state index is -0.135. The van der Waals surface area contributed by atoms with Crippen molar-refractivity contribution in [3.8, 4) is 11.1 Å². The summed E-state index contributed by atoms with van der Waals surface area (Å²) >= 11 is 4.37. The van der Waals surface area contributed by atoms with Crippen LogP contribution in [0.25, 0.3) is 21.3 Å². The number of nitrogens with one attached hydrogen (secondary N) is 1. The number of aromatic nitrogens is 4. The van der Waals surface area contributed by atoms with E-state index in [1.807, 2.05) is 49.6 Å². The number of aromatic amines is 1. The molecule has 0 radical (unpaired) electrons. The van der Waals surface area contributed by atoms with Gasteiger partial charge in [0.25, 0.3) is 5.56 Å². The molecule has 4 aromatic rings. The fraction of sp³-hybridized carbons (Fsp3) is 0.318. The van der Waals surface area contributed by atoms with Gasteiger partial charge in [-0.15, -0.1) is 21.5 Å². The topological polar surface area (TPSA) is 91.8 Å². The predicted octanol–water partition coefficient (Wildman–Crippen LogP) is 5.26. The highest BCUT2D eigenvalue weighted by Gasteiger charge is 2.35. The number of carbonyl (C=O) groups excluding carboxylic acids is 1. The van der Waals surface area contributed by atoms with Gasteiger partial charge in [0.1, 0.15) is 10.7 Å². The van der Waals surface area contributed by atoms with Crippen molar-refractivity contribution in [2.45, 2.75) is 48.7 Å². The summed E-state index contributed by atoms with van der Waals surface area (Å²) in [7, 11) is 0. The molecule has 1 aliphatic rings. The number of nitrogens with zero attached hydrogens (tertiary/aromatic N) is 4. The Kier molecular flexibility index (Phi) is 5.83. The number of H-pyrrole nitrogens is 1. The van der Waals surface area contributed by atoms with E-state index in [4.69, 9.17) is 4.98 Å². The number of thioether (sulfide) groups is 1. The van der Waals surface area contributed by atoms with Crippen molar-refractivity contribution < 1.29 is 4.79 Å². The first-order valence-electron chi connectivity index (χ1n) is 10.4. The van der Waals surface area contributed by atoms with E-state index in [2.05, 4.69) is 15.2 Å². The molecule has 0 aliphatic heterocycles. The van der Waals surface area contributed by atoms with E-state index >= 15 is 0 Å². The number of hydrogen-bond acceptors (Lipinski definition) is 8. The third-order valence-corrected chi connectivity index (χ3v) is 8.28. The first-order chi connectivity index (χ1) is 15.5. The molecule has 0 saturated heterocycles. The predicted molar refractivity (Wildman–Crippen MR) is 131 cm³/mol. The van der Waals surface area contributed by atoms with Crippen molar-refractivity contribution >= 4 is 55.7 Å². The minimum absolute atomic E-state index is 0.0802. The summed E-state index contributed by atoms with van der Waals surface area (Å²) in [6.45, 7) is 3.85. The smallest absolute Gasteiger partial charge is 0.260 e. The Morgan fingerprint density at radius 1 is 1.28 bits per heavy atom. The molecule has 1 fully saturated rings. The summed E-state index contributed by atoms with van der Waals surface area (Å²) in [4.78, 5) is 35.5. The van der Waals surface area contributed by atoms with Crippen LogP contribution in [0.3, 0.4) is 0 Å². The second-order valence-corrected chi connectivity index (χ2v) is 11.0. The first kappa shape index (κ1) is 21.3. The third kappa shape index (κ3) is 4.10. The highest BCUT2D eigenvalue weighted by atomic mass is 32.2. The van der Waals surface area contributed by atoms with Gasteiger partial charge in [0.15, 0.2) is 4.34 Å². The van der Waals surface area contributed by atoms with Crippen LogP contribution < -0.4 is 10.5 Å². The number of amides is 1. The number of rotatable bonds is 7. The van der Waals surface area contributed by atoms with Crippen LogP contribution in [0.2, 0.25) is 0 Å². The van der Waals surface area contributed by atoms with E-state index in [1.165, 1.54) is 34.4 Å². The quantitative estimate of drug-likeness (QED) is 0.285. The van der Waals surface area contributed by atoms with Gasteiger partial charge < -0.3 is 4.98 Å². The van der Waals surface area contributed by atoms with Crippen LogP contribution in [0.1, 0.15) is 44.2 Å². The summed E-state index contributed by atoms with van der Waals surface area (Å²) in [6.07, 6.45) is 2.48. The lowest BCUT2D eigenvalue weighted by Gasteiger charge is -2.17. The van der Waals surface area contributed by atoms with Gasteiger partial charge in [-0.2, -0.15) is 0 Å². The van der Waals surface area contributed by atoms with E-state index in [-0.39, 0.29) is 22.8 Å². The monoisotopic (exact) mass is 483 g/mol. The average Bonchev–Trinajstić information content (AvgIpc) is 3.36. The van der Waals surface area contributed by atoms with Crippen molar-refractivity contribution in [1.82, 2.24) is 20.2 Å². The standard InChI is InChI=1S/C22H21N5O2S3/c1-3-16(28)27(14-9-10-14)21-25-26-22(32-21)31-12(2)18-23-19(29)17-15(11-30-20(17)24-18)13-7-5-4-6-8-13/h4-8,11-12,14H,3,9-10H2,1-2H3,(H,23,24,29)/t12-/m1/s1. The zero-order valence-electron chi connectivity index (χ0n) is 17.6. The number of thiophene rings is 1. The molecule has 10 heteroatoms. The van der Waals surface area contributed by atoms with Crippen molar-refractivity contribution in [2.75, 3.05) is 4.90 Å². The molecule has 1 N–H and O–H groups in total. The fourth-order valence-electron chi connectivity index (χ4n) is 3.51. The van der Waals surface area contributed by atoms with Crippen LogP contribution in [0.5, 0.6) is 0 Å². The van der Waals surface area contributed by atoms with Crippen LogP contribution in [-0.2, 0) is 4.79 Å². The molecule has 1 saturated carbocycles. The third-order valence-electron chi connectivity index (χ3n) is 5.29. The summed E-state index contributed by atoms with van der Waals surface area (Å²) < 4.78 is 0.751. The lowest BCUT2D eigenvalue weighted by Crippen LogP contribution is -2.32. The molecule has 3 aromatic heterocycles. The maximum absolute atomic E-state index is 12.9. The molecule has 0 unspecified atom stereocenters. The van der Waals surface area contributed by atoms with E-state index in [9.17, 15) is 9.59 Å². The second-order valence-electron chi connectivity index (χ2n) is 7.61. The van der Waals surface area contributed by atoms with Crippen molar-refractivity contribution in [3.05, 3.63) is 51.9 Å². The minimum Gasteiger partial charge on any atom is -0.309 e. The summed E-state index contributed by atoms with van der Waals surface area (Å²) in [5.74, 6) is 0.686. The Labute approximate surface area is 196 Å². The Balaban J connectivity index is 1.39. The van der Waals surface area contributed by atoms with Gasteiger partial charge in [0.05, 0.1) is 10.6 Å². The number of benzene rings is 1. The van der Waals surface area contributed by atoms with Crippen LogP contribution >= 0.6 is 34.4 Å². The molecule has 164 valence electrons. The number of hydrogen-bond donors (Lipinski definition) is 1. The van der Waals surface area contributed by atoms with Crippen molar-refractivity contribution in [2.24, 2.45) is 0 Å². The first-order valence-corrected chi connectivity index (χ1v) is 13.0. The van der Waals surface area contributed by atoms with Gasteiger partial charge in [0, 0.05) is 23.4 Å². The largest absolute Gasteiger partial charge is 0.309 e. The van der Waals surface area contributed by atoms with E-state index < -0.39 is 0 Å². The van der Waals surface area contributed by atoms with Crippen LogP contribution in [0.15, 0.2) is 44.8 Å². The van der Waals surface area contributed by atoms with Gasteiger partial charge in [0.2, 0.25) is 11.0 Å². The summed E-state index contributed by atoms with van der Waals surface area (Å²) in [5.41, 5.74) is 1.77. The molecule has 1 aliphatic carbocycles. The normalized spacial score (nSPS) is 14.6. The van der Waals surface area contributed by atoms with Gasteiger partial charge >= 0.3 is 0 Å². The molecule has 32 heavy (non-hydrogen) atoms. The van der Waals surface area contributed by atoms with E-state index in [0.717, 1.165) is 33.1 Å². The Hall–Kier alpha value is -2.56. The summed E-state index contributed by atoms with van der Waals surface area (Å²) in [6, 6.07) is 10.1. The van der Waals surface area contributed by atoms with Crippen LogP contribution in [0.4, 0.5) is 5.13 Å². The number of carbonyl (C=O) groups is 1. The Morgan fingerprint density at radius 3 is 2.78 bits per heavy atom. The van der Waals surface area contributed by atoms with Gasteiger partial charge in [-0.3, -0.25) is 14.5 Å². The highest BCUT2D eigenvalue weighted by molar-refractivity contribution is 8.01. The number of fused-ring (bicyclic) bond motifs is 1. The molecular weight excluding hydrogens is 462 g/mol. The molecule has 0 bridgehead atoms. The lowest BCUT2D eigenvalue weighted by molar-refractivity contribution is -0.118. The van der Waals surface area contributed by atoms with Gasteiger partial charge in [-0.05, 0) is 25.3 Å². The van der Waals surface area contributed by atoms with Crippen molar-refractivity contribution in [1.29, 1.82) is 0 Å². The highest BCUT2D eigenvalue weighted by Crippen LogP contribution is 2.40. The lowest BCUT2D eigenvalue weighted by atomic mass is 10.1. The molecule has 1 atom stereocenters. The molecule has 0 spiro atoms. The molecule has 1 aromatic carbocycles. The van der Waals surface area contributed by atoms with Gasteiger partial charge in [-0.25, -0.2) is 4.98 Å². The molecule has 3 heterocycles. The molecule has 1 amide bonds. The Morgan fingerprint density at radius 2 is 2.06 bits per heavy atom. The molecule has 7 nitrogen and oxygen atoms in total. The van der Waals surface area contributed by atoms with Crippen LogP contribution in [-0.4, -0.2) is 32.1 Å². The maximum atomic E-state index is 12.9. The van der Waals surface area contributed by atoms with Crippen molar-refractivity contribution in [3.63, 3.8) is 0 Å². The molecule has 5 rings (SSSR count). The second kappa shape index (κ2) is 8.76. The zero-order chi connectivity index (χ0) is 22.2. The number of anilines is 1. The average molecular weight is 484 g/mol. The molecular formula is C22H21N5O2S3. The summed E-state index contributed by atoms with van der Waals surface area (Å²) in [5, 5.41) is 11.7. The fourth-order valence-corrected chi connectivity index (χ4v) is 6.60. The Bertz CT molecular complexity index is 1330. The van der Waals surface area contributed by atoms with E-state index in [1.54, 1.807) is 4.90 Å². The van der Waals surface area contributed by atoms with Gasteiger partial charge in [-0.1, -0.05) is 60.4 Å². The maximum Gasteiger partial charge on any atom is 0.260 e. The van der Waals surface area contributed by atoms with Crippen LogP contribution in [0, 0.1) is 0 Å². The van der Waals surface area contributed by atoms with E-state index in [0.29, 0.717) is 22.8 Å².